The smallest absolute Gasteiger partial charge is 0.257 e. The number of benzene rings is 1. The molecule has 2 saturated carbocycles. The second-order valence-corrected chi connectivity index (χ2v) is 7.95. The molecule has 4 heteroatoms. The fraction of sp³-hybridized carbons (Fsp3) is 0.524. The zero-order chi connectivity index (χ0) is 17.0. The van der Waals surface area contributed by atoms with E-state index in [0.717, 1.165) is 57.1 Å². The topological polar surface area (TPSA) is 32.7 Å². The lowest BCUT2D eigenvalue weighted by Crippen LogP contribution is -2.43. The molecule has 0 spiro atoms. The maximum atomic E-state index is 14.6. The third kappa shape index (κ3) is 2.82. The van der Waals surface area contributed by atoms with Gasteiger partial charge in [-0.05, 0) is 79.7 Å². The van der Waals surface area contributed by atoms with Gasteiger partial charge in [-0.3, -0.25) is 9.79 Å². The predicted octanol–water partition coefficient (Wildman–Crippen LogP) is 4.24. The lowest BCUT2D eigenvalue weighted by atomic mass is 9.88. The Labute approximate surface area is 147 Å². The van der Waals surface area contributed by atoms with Gasteiger partial charge in [-0.15, -0.1) is 0 Å². The molecule has 0 bridgehead atoms. The summed E-state index contributed by atoms with van der Waals surface area (Å²) < 4.78 is 14.6. The van der Waals surface area contributed by atoms with Gasteiger partial charge in [0, 0.05) is 18.3 Å². The van der Waals surface area contributed by atoms with E-state index in [2.05, 4.69) is 4.99 Å². The lowest BCUT2D eigenvalue weighted by Gasteiger charge is -2.35. The van der Waals surface area contributed by atoms with Crippen LogP contribution in [0.3, 0.4) is 0 Å². The quantitative estimate of drug-likeness (QED) is 0.808. The Morgan fingerprint density at radius 1 is 1.12 bits per heavy atom. The van der Waals surface area contributed by atoms with Crippen LogP contribution in [0.1, 0.15) is 66.8 Å². The molecule has 1 atom stereocenters. The van der Waals surface area contributed by atoms with Crippen molar-refractivity contribution in [3.05, 3.63) is 46.3 Å². The van der Waals surface area contributed by atoms with Crippen molar-refractivity contribution in [2.45, 2.75) is 62.9 Å². The monoisotopic (exact) mass is 338 g/mol. The average Bonchev–Trinajstić information content (AvgIpc) is 3.53. The summed E-state index contributed by atoms with van der Waals surface area (Å²) >= 11 is 0. The van der Waals surface area contributed by atoms with Crippen molar-refractivity contribution in [3.63, 3.8) is 0 Å². The first kappa shape index (κ1) is 15.3. The fourth-order valence-corrected chi connectivity index (χ4v) is 4.33. The molecule has 130 valence electrons. The van der Waals surface area contributed by atoms with Crippen molar-refractivity contribution < 1.29 is 9.18 Å². The van der Waals surface area contributed by atoms with Crippen molar-refractivity contribution in [1.29, 1.82) is 0 Å². The summed E-state index contributed by atoms with van der Waals surface area (Å²) in [6, 6.07) is 5.72. The molecule has 4 aliphatic rings. The molecule has 3 aliphatic carbocycles. The van der Waals surface area contributed by atoms with Crippen LogP contribution in [0.25, 0.3) is 0 Å². The first-order chi connectivity index (χ1) is 12.2. The van der Waals surface area contributed by atoms with Crippen molar-refractivity contribution >= 4 is 12.1 Å². The van der Waals surface area contributed by atoms with Crippen LogP contribution >= 0.6 is 0 Å². The molecule has 2 fully saturated rings. The molecule has 0 saturated heterocycles. The van der Waals surface area contributed by atoms with Crippen molar-refractivity contribution in [2.24, 2.45) is 4.99 Å². The van der Waals surface area contributed by atoms with E-state index in [1.807, 2.05) is 17.2 Å². The highest BCUT2D eigenvalue weighted by Gasteiger charge is 2.40. The van der Waals surface area contributed by atoms with Crippen LogP contribution in [0.5, 0.6) is 0 Å². The number of carbonyl (C=O) groups excluding carboxylic acids is 1. The van der Waals surface area contributed by atoms with E-state index in [1.165, 1.54) is 11.1 Å². The van der Waals surface area contributed by atoms with Crippen molar-refractivity contribution in [3.8, 4) is 0 Å². The predicted molar refractivity (Wildman–Crippen MR) is 95.6 cm³/mol. The number of hydrogen-bond donors (Lipinski definition) is 0. The highest BCUT2D eigenvalue weighted by atomic mass is 19.1. The molecule has 0 aromatic heterocycles. The molecule has 1 heterocycles. The van der Waals surface area contributed by atoms with Crippen molar-refractivity contribution in [2.75, 3.05) is 6.54 Å². The van der Waals surface area contributed by atoms with Gasteiger partial charge in [-0.2, -0.15) is 0 Å². The average molecular weight is 338 g/mol. The van der Waals surface area contributed by atoms with Gasteiger partial charge in [0.1, 0.15) is 5.82 Å². The molecule has 1 aliphatic heterocycles. The molecule has 1 aromatic rings. The Balaban J connectivity index is 1.41. The van der Waals surface area contributed by atoms with Crippen LogP contribution in [0, 0.1) is 5.82 Å². The molecule has 1 amide bonds. The van der Waals surface area contributed by atoms with Crippen LogP contribution in [0.2, 0.25) is 0 Å². The first-order valence-corrected chi connectivity index (χ1v) is 9.53. The second kappa shape index (κ2) is 5.79. The maximum Gasteiger partial charge on any atom is 0.257 e. The molecular formula is C21H23FN2O. The van der Waals surface area contributed by atoms with Gasteiger partial charge < -0.3 is 4.90 Å². The number of amides is 1. The third-order valence-corrected chi connectivity index (χ3v) is 6.06. The Morgan fingerprint density at radius 2 is 1.96 bits per heavy atom. The summed E-state index contributed by atoms with van der Waals surface area (Å²) in [7, 11) is 0. The highest BCUT2D eigenvalue weighted by molar-refractivity contribution is 5.95. The zero-order valence-electron chi connectivity index (χ0n) is 14.4. The summed E-state index contributed by atoms with van der Waals surface area (Å²) in [6.07, 6.45) is 9.22. The number of hydrogen-bond acceptors (Lipinski definition) is 2. The van der Waals surface area contributed by atoms with Crippen LogP contribution in [-0.2, 0) is 0 Å². The van der Waals surface area contributed by atoms with Gasteiger partial charge >= 0.3 is 0 Å². The van der Waals surface area contributed by atoms with Gasteiger partial charge in [0.25, 0.3) is 5.91 Å². The van der Waals surface area contributed by atoms with Crippen LogP contribution in [-0.4, -0.2) is 35.7 Å². The Bertz CT molecular complexity index is 789. The first-order valence-electron chi connectivity index (χ1n) is 9.53. The molecular weight excluding hydrogens is 315 g/mol. The molecule has 5 rings (SSSR count). The largest absolute Gasteiger partial charge is 0.332 e. The number of carbonyl (C=O) groups is 1. The summed E-state index contributed by atoms with van der Waals surface area (Å²) in [6.45, 7) is 0.830. The number of nitrogens with zero attached hydrogens (tertiary/aromatic N) is 2. The second-order valence-electron chi connectivity index (χ2n) is 7.95. The van der Waals surface area contributed by atoms with E-state index in [1.54, 1.807) is 12.1 Å². The van der Waals surface area contributed by atoms with Gasteiger partial charge in [0.05, 0.1) is 12.1 Å². The van der Waals surface area contributed by atoms with E-state index >= 15 is 0 Å². The molecule has 1 aromatic carbocycles. The number of aliphatic imine (C=N–C) groups is 1. The van der Waals surface area contributed by atoms with Crippen molar-refractivity contribution in [1.82, 2.24) is 4.90 Å². The summed E-state index contributed by atoms with van der Waals surface area (Å²) in [4.78, 5) is 19.5. The van der Waals surface area contributed by atoms with E-state index in [4.69, 9.17) is 0 Å². The van der Waals surface area contributed by atoms with Gasteiger partial charge in [0.2, 0.25) is 0 Å². The Hall–Kier alpha value is -1.97. The number of rotatable bonds is 4. The normalized spacial score (nSPS) is 25.2. The van der Waals surface area contributed by atoms with E-state index < -0.39 is 0 Å². The maximum absolute atomic E-state index is 14.6. The standard InChI is InChI=1S/C21H23FN2O/c22-20-10-14(13-1-2-13)4-8-19(20)21(25)24(17-6-7-17)18-5-3-15-11-23-12-16(15)9-18/h4,8,10,12-13,17-18H,1-3,5-7,9,11H2. The summed E-state index contributed by atoms with van der Waals surface area (Å²) in [5.74, 6) is 0.0352. The minimum atomic E-state index is -0.349. The summed E-state index contributed by atoms with van der Waals surface area (Å²) in [5.41, 5.74) is 4.02. The third-order valence-electron chi connectivity index (χ3n) is 6.06. The molecule has 1 unspecified atom stereocenters. The minimum Gasteiger partial charge on any atom is -0.332 e. The zero-order valence-corrected chi connectivity index (χ0v) is 14.4. The fourth-order valence-electron chi connectivity index (χ4n) is 4.33. The number of halogens is 1. The molecule has 25 heavy (non-hydrogen) atoms. The lowest BCUT2D eigenvalue weighted by molar-refractivity contribution is 0.0640. The van der Waals surface area contributed by atoms with Gasteiger partial charge in [0.15, 0.2) is 0 Å². The van der Waals surface area contributed by atoms with Crippen LogP contribution in [0.15, 0.2) is 34.3 Å². The molecule has 0 radical (unpaired) electrons. The van der Waals surface area contributed by atoms with Crippen LogP contribution in [0.4, 0.5) is 4.39 Å². The highest BCUT2D eigenvalue weighted by Crippen LogP contribution is 2.41. The van der Waals surface area contributed by atoms with E-state index in [-0.39, 0.29) is 23.3 Å². The molecule has 3 nitrogen and oxygen atoms in total. The summed E-state index contributed by atoms with van der Waals surface area (Å²) in [5, 5.41) is 0. The van der Waals surface area contributed by atoms with E-state index in [9.17, 15) is 9.18 Å². The van der Waals surface area contributed by atoms with Gasteiger partial charge in [-0.25, -0.2) is 4.39 Å². The van der Waals surface area contributed by atoms with E-state index in [0.29, 0.717) is 12.0 Å². The molecule has 0 N–H and O–H groups in total. The van der Waals surface area contributed by atoms with Crippen LogP contribution < -0.4 is 0 Å². The SMILES string of the molecule is O=C(c1ccc(C2CC2)cc1F)N(C1CC1)C1CCC2=C(C=NC2)C1. The minimum absolute atomic E-state index is 0.119. The van der Waals surface area contributed by atoms with Gasteiger partial charge in [-0.1, -0.05) is 6.07 Å². The Kier molecular flexibility index (Phi) is 3.54. The Morgan fingerprint density at radius 3 is 2.68 bits per heavy atom.